The van der Waals surface area contributed by atoms with Crippen molar-refractivity contribution in [3.05, 3.63) is 45.6 Å². The summed E-state index contributed by atoms with van der Waals surface area (Å²) in [6.45, 7) is 7.81. The van der Waals surface area contributed by atoms with Crippen molar-refractivity contribution in [2.75, 3.05) is 6.61 Å². The molecule has 0 spiro atoms. The Hall–Kier alpha value is -1.09. The molecule has 0 bridgehead atoms. The first kappa shape index (κ1) is 19.2. The van der Waals surface area contributed by atoms with Crippen molar-refractivity contribution in [2.24, 2.45) is 0 Å². The Morgan fingerprint density at radius 3 is 2.58 bits per heavy atom. The van der Waals surface area contributed by atoms with Gasteiger partial charge in [-0.2, -0.15) is 0 Å². The van der Waals surface area contributed by atoms with E-state index in [4.69, 9.17) is 0 Å². The second-order valence-electron chi connectivity index (χ2n) is 6.84. The van der Waals surface area contributed by atoms with E-state index in [2.05, 4.69) is 57.8 Å². The van der Waals surface area contributed by atoms with Crippen molar-refractivity contribution < 1.29 is 10.2 Å². The number of nitrogens with zero attached hydrogens (tertiary/aromatic N) is 2. The monoisotopic (exact) mass is 441 g/mol. The molecule has 1 heterocycles. The van der Waals surface area contributed by atoms with Gasteiger partial charge in [-0.3, -0.25) is 5.32 Å². The van der Waals surface area contributed by atoms with Crippen LogP contribution in [0.4, 0.5) is 0 Å². The molecule has 2 rings (SSSR count). The minimum Gasteiger partial charge on any atom is -0.394 e. The minimum atomic E-state index is -0.868. The number of halogens is 1. The Kier molecular flexibility index (Phi) is 6.30. The van der Waals surface area contributed by atoms with Crippen LogP contribution in [0.25, 0.3) is 11.1 Å². The third-order valence-corrected chi connectivity index (χ3v) is 4.38. The molecule has 6 heteroatoms. The molecule has 2 aromatic rings. The summed E-state index contributed by atoms with van der Waals surface area (Å²) in [6.07, 6.45) is 2.51. The van der Waals surface area contributed by atoms with Gasteiger partial charge in [-0.05, 0) is 71.7 Å². The Morgan fingerprint density at radius 1 is 1.25 bits per heavy atom. The van der Waals surface area contributed by atoms with Crippen LogP contribution in [0.2, 0.25) is 0 Å². The van der Waals surface area contributed by atoms with Crippen molar-refractivity contribution >= 4 is 22.6 Å². The van der Waals surface area contributed by atoms with Crippen LogP contribution in [0, 0.1) is 3.57 Å². The van der Waals surface area contributed by atoms with Crippen molar-refractivity contribution in [3.63, 3.8) is 0 Å². The van der Waals surface area contributed by atoms with Crippen LogP contribution in [0.5, 0.6) is 0 Å². The number of nitrogens with one attached hydrogen (secondary N) is 1. The number of aliphatic hydroxyl groups excluding tert-OH is 2. The Balaban J connectivity index is 2.43. The maximum Gasteiger partial charge on any atom is 0.131 e. The van der Waals surface area contributed by atoms with E-state index < -0.39 is 11.8 Å². The molecular formula is C18H24IN3O2. The van der Waals surface area contributed by atoms with Gasteiger partial charge in [0.15, 0.2) is 0 Å². The van der Waals surface area contributed by atoms with Crippen LogP contribution >= 0.6 is 22.6 Å². The minimum absolute atomic E-state index is 0.0646. The maximum atomic E-state index is 10.5. The highest BCUT2D eigenvalue weighted by Gasteiger charge is 2.22. The molecule has 0 saturated heterocycles. The largest absolute Gasteiger partial charge is 0.394 e. The molecule has 5 nitrogen and oxygen atoms in total. The third kappa shape index (κ3) is 4.72. The fraction of sp³-hybridized carbons (Fsp3) is 0.444. The SMILES string of the molecule is CC(C)c1ncncc1-c1cc(I)cc(C(O)NC(C)(C)CO)c1. The molecule has 0 aliphatic carbocycles. The maximum absolute atomic E-state index is 10.5. The van der Waals surface area contributed by atoms with Crippen LogP contribution in [0.15, 0.2) is 30.7 Å². The summed E-state index contributed by atoms with van der Waals surface area (Å²) in [4.78, 5) is 8.56. The smallest absolute Gasteiger partial charge is 0.131 e. The molecule has 3 N–H and O–H groups in total. The molecule has 0 amide bonds. The highest BCUT2D eigenvalue weighted by Crippen LogP contribution is 2.30. The van der Waals surface area contributed by atoms with E-state index in [0.29, 0.717) is 0 Å². The summed E-state index contributed by atoms with van der Waals surface area (Å²) in [5, 5.41) is 22.9. The van der Waals surface area contributed by atoms with E-state index in [1.54, 1.807) is 6.33 Å². The average molecular weight is 441 g/mol. The molecule has 24 heavy (non-hydrogen) atoms. The first-order valence-corrected chi connectivity index (χ1v) is 8.99. The topological polar surface area (TPSA) is 78.3 Å². The lowest BCUT2D eigenvalue weighted by atomic mass is 9.97. The van der Waals surface area contributed by atoms with E-state index in [9.17, 15) is 10.2 Å². The summed E-state index contributed by atoms with van der Waals surface area (Å²) in [5.74, 6) is 0.278. The molecule has 0 fully saturated rings. The van der Waals surface area contributed by atoms with Gasteiger partial charge >= 0.3 is 0 Å². The van der Waals surface area contributed by atoms with Crippen LogP contribution in [-0.2, 0) is 0 Å². The molecule has 1 atom stereocenters. The summed E-state index contributed by atoms with van der Waals surface area (Å²) in [5.41, 5.74) is 3.11. The van der Waals surface area contributed by atoms with E-state index in [0.717, 1.165) is 26.0 Å². The van der Waals surface area contributed by atoms with Crippen molar-refractivity contribution in [1.29, 1.82) is 0 Å². The molecule has 0 aliphatic rings. The van der Waals surface area contributed by atoms with Gasteiger partial charge in [0.2, 0.25) is 0 Å². The summed E-state index contributed by atoms with van der Waals surface area (Å²) in [6, 6.07) is 5.92. The lowest BCUT2D eigenvalue weighted by Crippen LogP contribution is -2.44. The quantitative estimate of drug-likeness (QED) is 0.474. The number of hydrogen-bond donors (Lipinski definition) is 3. The lowest BCUT2D eigenvalue weighted by Gasteiger charge is -2.28. The second-order valence-corrected chi connectivity index (χ2v) is 8.08. The van der Waals surface area contributed by atoms with Crippen molar-refractivity contribution in [2.45, 2.75) is 45.4 Å². The van der Waals surface area contributed by atoms with Gasteiger partial charge in [0.25, 0.3) is 0 Å². The number of aromatic nitrogens is 2. The third-order valence-electron chi connectivity index (χ3n) is 3.76. The first-order chi connectivity index (χ1) is 11.2. The summed E-state index contributed by atoms with van der Waals surface area (Å²) < 4.78 is 1.02. The summed E-state index contributed by atoms with van der Waals surface area (Å²) >= 11 is 2.24. The fourth-order valence-electron chi connectivity index (χ4n) is 2.45. The normalized spacial score (nSPS) is 13.3. The van der Waals surface area contributed by atoms with E-state index in [-0.39, 0.29) is 12.5 Å². The molecule has 0 radical (unpaired) electrons. The van der Waals surface area contributed by atoms with Gasteiger partial charge in [0.1, 0.15) is 12.6 Å². The van der Waals surface area contributed by atoms with E-state index >= 15 is 0 Å². The molecule has 1 unspecified atom stereocenters. The number of rotatable bonds is 6. The fourth-order valence-corrected chi connectivity index (χ4v) is 3.14. The number of hydrogen-bond acceptors (Lipinski definition) is 5. The lowest BCUT2D eigenvalue weighted by molar-refractivity contribution is 0.0739. The predicted octanol–water partition coefficient (Wildman–Crippen LogP) is 3.22. The molecule has 1 aromatic heterocycles. The van der Waals surface area contributed by atoms with Gasteiger partial charge in [-0.1, -0.05) is 13.8 Å². The average Bonchev–Trinajstić information content (AvgIpc) is 2.53. The zero-order valence-electron chi connectivity index (χ0n) is 14.4. The number of aliphatic hydroxyl groups is 2. The van der Waals surface area contributed by atoms with Crippen molar-refractivity contribution in [3.8, 4) is 11.1 Å². The zero-order chi connectivity index (χ0) is 17.9. The van der Waals surface area contributed by atoms with E-state index in [1.165, 1.54) is 0 Å². The van der Waals surface area contributed by atoms with Gasteiger partial charge in [0.05, 0.1) is 12.3 Å². The highest BCUT2D eigenvalue weighted by atomic mass is 127. The van der Waals surface area contributed by atoms with Gasteiger partial charge < -0.3 is 10.2 Å². The molecule has 0 saturated carbocycles. The predicted molar refractivity (Wildman–Crippen MR) is 104 cm³/mol. The van der Waals surface area contributed by atoms with Crippen molar-refractivity contribution in [1.82, 2.24) is 15.3 Å². The van der Waals surface area contributed by atoms with Crippen LogP contribution in [-0.4, -0.2) is 32.3 Å². The Bertz CT molecular complexity index is 704. The van der Waals surface area contributed by atoms with Crippen LogP contribution in [0.1, 0.15) is 51.1 Å². The molecule has 1 aromatic carbocycles. The second kappa shape index (κ2) is 7.86. The number of benzene rings is 1. The molecular weight excluding hydrogens is 417 g/mol. The zero-order valence-corrected chi connectivity index (χ0v) is 16.6. The Labute approximate surface area is 156 Å². The van der Waals surface area contributed by atoms with Gasteiger partial charge in [-0.15, -0.1) is 0 Å². The van der Waals surface area contributed by atoms with Gasteiger partial charge in [0, 0.05) is 20.9 Å². The Morgan fingerprint density at radius 2 is 1.96 bits per heavy atom. The van der Waals surface area contributed by atoms with Crippen LogP contribution in [0.3, 0.4) is 0 Å². The van der Waals surface area contributed by atoms with E-state index in [1.807, 2.05) is 32.2 Å². The highest BCUT2D eigenvalue weighted by molar-refractivity contribution is 14.1. The van der Waals surface area contributed by atoms with Crippen LogP contribution < -0.4 is 5.32 Å². The first-order valence-electron chi connectivity index (χ1n) is 7.91. The summed E-state index contributed by atoms with van der Waals surface area (Å²) in [7, 11) is 0. The standard InChI is InChI=1S/C18H24IN3O2/c1-11(2)16-15(8-20-10-21-16)12-5-13(7-14(19)6-12)17(24)22-18(3,4)9-23/h5-8,10-11,17,22-24H,9H2,1-4H3. The molecule has 130 valence electrons. The molecule has 0 aliphatic heterocycles. The van der Waals surface area contributed by atoms with Gasteiger partial charge in [-0.25, -0.2) is 9.97 Å².